The molecule has 2 aromatic carbocycles. The van der Waals surface area contributed by atoms with E-state index in [1.807, 2.05) is 4.90 Å². The zero-order valence-corrected chi connectivity index (χ0v) is 18.7. The molecule has 1 aliphatic rings. The highest BCUT2D eigenvalue weighted by atomic mass is 19.4. The lowest BCUT2D eigenvalue weighted by atomic mass is 10.1. The third kappa shape index (κ3) is 5.83. The van der Waals surface area contributed by atoms with E-state index in [0.717, 1.165) is 6.07 Å². The van der Waals surface area contributed by atoms with Gasteiger partial charge in [0.05, 0.1) is 11.1 Å². The van der Waals surface area contributed by atoms with Gasteiger partial charge in [-0.25, -0.2) is 9.97 Å². The number of hydrogen-bond donors (Lipinski definition) is 2. The second kappa shape index (κ2) is 9.95. The first-order valence-corrected chi connectivity index (χ1v) is 10.7. The van der Waals surface area contributed by atoms with Gasteiger partial charge >= 0.3 is 6.18 Å². The maximum atomic E-state index is 13.3. The fourth-order valence-electron chi connectivity index (χ4n) is 3.70. The van der Waals surface area contributed by atoms with Crippen molar-refractivity contribution in [3.63, 3.8) is 0 Å². The molecule has 1 fully saturated rings. The summed E-state index contributed by atoms with van der Waals surface area (Å²) in [5.74, 6) is -0.186. The van der Waals surface area contributed by atoms with Crippen molar-refractivity contribution in [2.75, 3.05) is 41.7 Å². The summed E-state index contributed by atoms with van der Waals surface area (Å²) < 4.78 is 39.9. The Bertz CT molecular complexity index is 1230. The van der Waals surface area contributed by atoms with Gasteiger partial charge in [-0.05, 0) is 30.3 Å². The van der Waals surface area contributed by atoms with Crippen molar-refractivity contribution in [2.45, 2.75) is 13.1 Å². The largest absolute Gasteiger partial charge is 0.417 e. The molecule has 1 aliphatic heterocycles. The number of amides is 2. The van der Waals surface area contributed by atoms with Crippen LogP contribution >= 0.6 is 0 Å². The monoisotopic (exact) mass is 485 g/mol. The third-order valence-electron chi connectivity index (χ3n) is 5.31. The number of aromatic nitrogens is 3. The lowest BCUT2D eigenvalue weighted by Gasteiger charge is -2.35. The summed E-state index contributed by atoms with van der Waals surface area (Å²) >= 11 is 0. The average Bonchev–Trinajstić information content (AvgIpc) is 2.83. The van der Waals surface area contributed by atoms with E-state index < -0.39 is 17.6 Å². The minimum atomic E-state index is -4.61. The standard InChI is InChI=1S/C23H22F3N7O2/c1-15(34)29-16-5-4-6-17(13-16)30-21-27-14-28-22(31-21)33-11-9-32(10-12-33)20(35)18-7-2-3-8-19(18)23(24,25)26/h2-8,13-14H,9-12H2,1H3,(H,29,34)(H,27,28,30,31). The van der Waals surface area contributed by atoms with Gasteiger partial charge in [0, 0.05) is 44.5 Å². The topological polar surface area (TPSA) is 103 Å². The van der Waals surface area contributed by atoms with E-state index in [4.69, 9.17) is 0 Å². The highest BCUT2D eigenvalue weighted by Crippen LogP contribution is 2.32. The molecule has 0 atom stereocenters. The van der Waals surface area contributed by atoms with Gasteiger partial charge < -0.3 is 20.4 Å². The van der Waals surface area contributed by atoms with Crippen LogP contribution in [0.1, 0.15) is 22.8 Å². The van der Waals surface area contributed by atoms with E-state index in [1.165, 1.54) is 36.4 Å². The van der Waals surface area contributed by atoms with Crippen LogP contribution in [-0.2, 0) is 11.0 Å². The molecule has 9 nitrogen and oxygen atoms in total. The van der Waals surface area contributed by atoms with Crippen molar-refractivity contribution >= 4 is 35.1 Å². The molecule has 0 bridgehead atoms. The summed E-state index contributed by atoms with van der Waals surface area (Å²) in [7, 11) is 0. The van der Waals surface area contributed by atoms with Crippen molar-refractivity contribution in [1.29, 1.82) is 0 Å². The van der Waals surface area contributed by atoms with Crippen LogP contribution in [0.2, 0.25) is 0 Å². The van der Waals surface area contributed by atoms with Gasteiger partial charge in [0.15, 0.2) is 0 Å². The molecule has 182 valence electrons. The number of nitrogens with one attached hydrogen (secondary N) is 2. The number of rotatable bonds is 5. The van der Waals surface area contributed by atoms with Crippen molar-refractivity contribution in [1.82, 2.24) is 19.9 Å². The number of carbonyl (C=O) groups excluding carboxylic acids is 2. The molecular weight excluding hydrogens is 463 g/mol. The highest BCUT2D eigenvalue weighted by molar-refractivity contribution is 5.96. The molecule has 1 saturated heterocycles. The van der Waals surface area contributed by atoms with E-state index in [9.17, 15) is 22.8 Å². The van der Waals surface area contributed by atoms with Gasteiger partial charge in [0.2, 0.25) is 17.8 Å². The van der Waals surface area contributed by atoms with Crippen LogP contribution in [0.25, 0.3) is 0 Å². The zero-order valence-electron chi connectivity index (χ0n) is 18.7. The van der Waals surface area contributed by atoms with E-state index in [2.05, 4.69) is 25.6 Å². The first-order chi connectivity index (χ1) is 16.7. The second-order valence-corrected chi connectivity index (χ2v) is 7.82. The van der Waals surface area contributed by atoms with Crippen LogP contribution < -0.4 is 15.5 Å². The lowest BCUT2D eigenvalue weighted by molar-refractivity contribution is -0.138. The molecule has 2 heterocycles. The summed E-state index contributed by atoms with van der Waals surface area (Å²) in [5.41, 5.74) is -0.0263. The summed E-state index contributed by atoms with van der Waals surface area (Å²) in [5, 5.41) is 5.75. The smallest absolute Gasteiger partial charge is 0.337 e. The minimum Gasteiger partial charge on any atom is -0.337 e. The maximum Gasteiger partial charge on any atom is 0.417 e. The number of alkyl halides is 3. The van der Waals surface area contributed by atoms with Gasteiger partial charge in [-0.15, -0.1) is 0 Å². The number of carbonyl (C=O) groups is 2. The fourth-order valence-corrected chi connectivity index (χ4v) is 3.70. The Morgan fingerprint density at radius 1 is 0.943 bits per heavy atom. The van der Waals surface area contributed by atoms with Gasteiger partial charge in [0.25, 0.3) is 5.91 Å². The fraction of sp³-hybridized carbons (Fsp3) is 0.261. The minimum absolute atomic E-state index is 0.191. The normalized spacial score (nSPS) is 13.9. The average molecular weight is 485 g/mol. The lowest BCUT2D eigenvalue weighted by Crippen LogP contribution is -2.49. The van der Waals surface area contributed by atoms with Crippen molar-refractivity contribution in [2.24, 2.45) is 0 Å². The molecule has 2 N–H and O–H groups in total. The molecule has 2 amide bonds. The van der Waals surface area contributed by atoms with Crippen LogP contribution in [0.15, 0.2) is 54.9 Å². The van der Waals surface area contributed by atoms with Crippen LogP contribution in [0.3, 0.4) is 0 Å². The predicted molar refractivity (Wildman–Crippen MR) is 123 cm³/mol. The molecular formula is C23H22F3N7O2. The Morgan fingerprint density at radius 3 is 2.37 bits per heavy atom. The predicted octanol–water partition coefficient (Wildman–Crippen LogP) is 3.55. The molecule has 0 unspecified atom stereocenters. The quantitative estimate of drug-likeness (QED) is 0.570. The molecule has 0 spiro atoms. The van der Waals surface area contributed by atoms with E-state index >= 15 is 0 Å². The molecule has 4 rings (SSSR count). The molecule has 35 heavy (non-hydrogen) atoms. The van der Waals surface area contributed by atoms with Gasteiger partial charge in [-0.2, -0.15) is 18.2 Å². The summed E-state index contributed by atoms with van der Waals surface area (Å²) in [4.78, 5) is 40.0. The summed E-state index contributed by atoms with van der Waals surface area (Å²) in [6.45, 7) is 2.56. The Hall–Kier alpha value is -4.22. The molecule has 3 aromatic rings. The highest BCUT2D eigenvalue weighted by Gasteiger charge is 2.36. The zero-order chi connectivity index (χ0) is 25.0. The van der Waals surface area contributed by atoms with Crippen LogP contribution in [0.4, 0.5) is 36.4 Å². The number of nitrogens with zero attached hydrogens (tertiary/aromatic N) is 5. The van der Waals surface area contributed by atoms with Crippen molar-refractivity contribution in [3.8, 4) is 0 Å². The molecule has 0 aliphatic carbocycles. The Kier molecular flexibility index (Phi) is 6.80. The second-order valence-electron chi connectivity index (χ2n) is 7.82. The van der Waals surface area contributed by atoms with Crippen LogP contribution in [0.5, 0.6) is 0 Å². The van der Waals surface area contributed by atoms with E-state index in [0.29, 0.717) is 30.4 Å². The van der Waals surface area contributed by atoms with Crippen LogP contribution in [-0.4, -0.2) is 57.8 Å². The maximum absolute atomic E-state index is 13.3. The molecule has 1 aromatic heterocycles. The van der Waals surface area contributed by atoms with Crippen LogP contribution in [0, 0.1) is 0 Å². The Labute approximate surface area is 199 Å². The molecule has 12 heteroatoms. The number of benzene rings is 2. The summed E-state index contributed by atoms with van der Waals surface area (Å²) in [6, 6.07) is 11.8. The Morgan fingerprint density at radius 2 is 1.66 bits per heavy atom. The first-order valence-electron chi connectivity index (χ1n) is 10.7. The van der Waals surface area contributed by atoms with Gasteiger partial charge in [-0.1, -0.05) is 18.2 Å². The third-order valence-corrected chi connectivity index (χ3v) is 5.31. The Balaban J connectivity index is 1.41. The number of hydrogen-bond acceptors (Lipinski definition) is 7. The first kappa shape index (κ1) is 23.9. The molecule has 0 saturated carbocycles. The van der Waals surface area contributed by atoms with E-state index in [-0.39, 0.29) is 30.5 Å². The van der Waals surface area contributed by atoms with E-state index in [1.54, 1.807) is 24.3 Å². The summed E-state index contributed by atoms with van der Waals surface area (Å²) in [6.07, 6.45) is -3.26. The van der Waals surface area contributed by atoms with Crippen molar-refractivity contribution in [3.05, 3.63) is 66.0 Å². The molecule has 0 radical (unpaired) electrons. The van der Waals surface area contributed by atoms with Gasteiger partial charge in [-0.3, -0.25) is 9.59 Å². The number of anilines is 4. The van der Waals surface area contributed by atoms with Gasteiger partial charge in [0.1, 0.15) is 6.33 Å². The number of halogens is 3. The van der Waals surface area contributed by atoms with Crippen molar-refractivity contribution < 1.29 is 22.8 Å². The SMILES string of the molecule is CC(=O)Nc1cccc(Nc2ncnc(N3CCN(C(=O)c4ccccc4C(F)(F)F)CC3)n2)c1. The number of piperazine rings is 1.